The highest BCUT2D eigenvalue weighted by Gasteiger charge is 2.12. The van der Waals surface area contributed by atoms with Crippen LogP contribution in [0.3, 0.4) is 0 Å². The molecule has 0 aliphatic carbocycles. The van der Waals surface area contributed by atoms with Crippen LogP contribution in [0.5, 0.6) is 0 Å². The van der Waals surface area contributed by atoms with E-state index in [1.54, 1.807) is 12.1 Å². The summed E-state index contributed by atoms with van der Waals surface area (Å²) in [6.07, 6.45) is 0. The van der Waals surface area contributed by atoms with Crippen molar-refractivity contribution in [1.29, 1.82) is 0 Å². The number of aromatic nitrogens is 1. The Labute approximate surface area is 121 Å². The molecule has 0 fully saturated rings. The van der Waals surface area contributed by atoms with Crippen LogP contribution in [0.25, 0.3) is 0 Å². The summed E-state index contributed by atoms with van der Waals surface area (Å²) in [7, 11) is 0. The van der Waals surface area contributed by atoms with E-state index in [1.165, 1.54) is 23.5 Å². The zero-order valence-electron chi connectivity index (χ0n) is 11.3. The minimum atomic E-state index is -0.286. The monoisotopic (exact) mass is 293 g/mol. The second-order valence-electron chi connectivity index (χ2n) is 4.50. The molecule has 20 heavy (non-hydrogen) atoms. The molecule has 1 atom stereocenters. The van der Waals surface area contributed by atoms with Crippen molar-refractivity contribution in [3.8, 4) is 0 Å². The number of benzene rings is 1. The Morgan fingerprint density at radius 1 is 1.40 bits per heavy atom. The molecule has 1 aromatic carbocycles. The van der Waals surface area contributed by atoms with Gasteiger partial charge in [0.2, 0.25) is 0 Å². The Bertz CT molecular complexity index is 582. The smallest absolute Gasteiger partial charge is 0.315 e. The highest BCUT2D eigenvalue weighted by molar-refractivity contribution is 7.09. The molecule has 0 saturated heterocycles. The van der Waals surface area contributed by atoms with Crippen LogP contribution in [0, 0.1) is 12.7 Å². The molecule has 2 amide bonds. The summed E-state index contributed by atoms with van der Waals surface area (Å²) in [5, 5.41) is 8.37. The van der Waals surface area contributed by atoms with Crippen molar-refractivity contribution in [2.24, 2.45) is 0 Å². The summed E-state index contributed by atoms with van der Waals surface area (Å²) in [4.78, 5) is 16.1. The normalized spacial score (nSPS) is 11.9. The van der Waals surface area contributed by atoms with Gasteiger partial charge in [-0.1, -0.05) is 12.1 Å². The number of thiazole rings is 1. The van der Waals surface area contributed by atoms with Gasteiger partial charge in [0, 0.05) is 17.6 Å². The molecular weight excluding hydrogens is 277 g/mol. The van der Waals surface area contributed by atoms with Crippen LogP contribution < -0.4 is 10.6 Å². The first-order valence-corrected chi connectivity index (χ1v) is 7.13. The number of halogens is 1. The van der Waals surface area contributed by atoms with Gasteiger partial charge in [0.15, 0.2) is 0 Å². The first-order chi connectivity index (χ1) is 9.54. The minimum absolute atomic E-state index is 0.137. The molecule has 1 unspecified atom stereocenters. The zero-order valence-corrected chi connectivity index (χ0v) is 12.1. The summed E-state index contributed by atoms with van der Waals surface area (Å²) in [6, 6.07) is 5.62. The second kappa shape index (κ2) is 6.47. The Morgan fingerprint density at radius 3 is 2.70 bits per heavy atom. The van der Waals surface area contributed by atoms with Crippen molar-refractivity contribution in [2.75, 3.05) is 0 Å². The van der Waals surface area contributed by atoms with Crippen molar-refractivity contribution in [1.82, 2.24) is 15.6 Å². The molecule has 1 heterocycles. The predicted molar refractivity (Wildman–Crippen MR) is 77.0 cm³/mol. The van der Waals surface area contributed by atoms with Crippen LogP contribution in [-0.2, 0) is 6.54 Å². The standard InChI is InChI=1S/C14H16FN3OS/c1-9-8-20-13(17-9)10(2)18-14(19)16-7-11-3-5-12(15)6-4-11/h3-6,8,10H,7H2,1-2H3,(H2,16,18,19). The third-order valence-corrected chi connectivity index (χ3v) is 3.87. The Hall–Kier alpha value is -1.95. The highest BCUT2D eigenvalue weighted by Crippen LogP contribution is 2.17. The third kappa shape index (κ3) is 4.03. The summed E-state index contributed by atoms with van der Waals surface area (Å²) >= 11 is 1.52. The van der Waals surface area contributed by atoms with Gasteiger partial charge < -0.3 is 10.6 Å². The average molecular weight is 293 g/mol. The molecule has 6 heteroatoms. The summed E-state index contributed by atoms with van der Waals surface area (Å²) < 4.78 is 12.7. The van der Waals surface area contributed by atoms with E-state index in [0.29, 0.717) is 6.54 Å². The van der Waals surface area contributed by atoms with E-state index >= 15 is 0 Å². The highest BCUT2D eigenvalue weighted by atomic mass is 32.1. The SMILES string of the molecule is Cc1csc(C(C)NC(=O)NCc2ccc(F)cc2)n1. The molecule has 106 valence electrons. The number of nitrogens with zero attached hydrogens (tertiary/aromatic N) is 1. The van der Waals surface area contributed by atoms with Crippen LogP contribution in [0.4, 0.5) is 9.18 Å². The molecule has 4 nitrogen and oxygen atoms in total. The van der Waals surface area contributed by atoms with Gasteiger partial charge in [-0.15, -0.1) is 11.3 Å². The van der Waals surface area contributed by atoms with E-state index in [0.717, 1.165) is 16.3 Å². The van der Waals surface area contributed by atoms with Gasteiger partial charge in [0.1, 0.15) is 10.8 Å². The minimum Gasteiger partial charge on any atom is -0.334 e. The van der Waals surface area contributed by atoms with Gasteiger partial charge in [-0.3, -0.25) is 0 Å². The van der Waals surface area contributed by atoms with Gasteiger partial charge in [-0.05, 0) is 31.5 Å². The van der Waals surface area contributed by atoms with Crippen molar-refractivity contribution < 1.29 is 9.18 Å². The average Bonchev–Trinajstić information content (AvgIpc) is 2.85. The molecule has 0 aliphatic heterocycles. The van der Waals surface area contributed by atoms with E-state index in [-0.39, 0.29) is 17.9 Å². The number of carbonyl (C=O) groups is 1. The topological polar surface area (TPSA) is 54.0 Å². The number of amides is 2. The molecule has 2 rings (SSSR count). The quantitative estimate of drug-likeness (QED) is 0.910. The molecule has 2 N–H and O–H groups in total. The molecule has 0 bridgehead atoms. The maximum atomic E-state index is 12.7. The third-order valence-electron chi connectivity index (χ3n) is 2.72. The van der Waals surface area contributed by atoms with Crippen molar-refractivity contribution in [3.63, 3.8) is 0 Å². The van der Waals surface area contributed by atoms with Gasteiger partial charge in [0.05, 0.1) is 6.04 Å². The Balaban J connectivity index is 1.82. The predicted octanol–water partition coefficient (Wildman–Crippen LogP) is 3.15. The van der Waals surface area contributed by atoms with Crippen molar-refractivity contribution >= 4 is 17.4 Å². The van der Waals surface area contributed by atoms with Crippen LogP contribution in [-0.4, -0.2) is 11.0 Å². The van der Waals surface area contributed by atoms with Crippen molar-refractivity contribution in [3.05, 3.63) is 51.7 Å². The second-order valence-corrected chi connectivity index (χ2v) is 5.39. The maximum Gasteiger partial charge on any atom is 0.315 e. The number of hydrogen-bond donors (Lipinski definition) is 2. The first-order valence-electron chi connectivity index (χ1n) is 6.25. The summed E-state index contributed by atoms with van der Waals surface area (Å²) in [6.45, 7) is 4.16. The van der Waals surface area contributed by atoms with Crippen LogP contribution in [0.2, 0.25) is 0 Å². The molecule has 0 aliphatic rings. The number of carbonyl (C=O) groups excluding carboxylic acids is 1. The lowest BCUT2D eigenvalue weighted by atomic mass is 10.2. The molecule has 2 aromatic rings. The molecule has 1 aromatic heterocycles. The number of urea groups is 1. The fourth-order valence-corrected chi connectivity index (χ4v) is 2.47. The van der Waals surface area contributed by atoms with Gasteiger partial charge in [0.25, 0.3) is 0 Å². The lowest BCUT2D eigenvalue weighted by Crippen LogP contribution is -2.36. The maximum absolute atomic E-state index is 12.7. The largest absolute Gasteiger partial charge is 0.334 e. The van der Waals surface area contributed by atoms with E-state index in [9.17, 15) is 9.18 Å². The molecule has 0 radical (unpaired) electrons. The fourth-order valence-electron chi connectivity index (χ4n) is 1.67. The van der Waals surface area contributed by atoms with Crippen LogP contribution in [0.1, 0.15) is 29.2 Å². The first kappa shape index (κ1) is 14.5. The van der Waals surface area contributed by atoms with Crippen LogP contribution >= 0.6 is 11.3 Å². The van der Waals surface area contributed by atoms with E-state index in [1.807, 2.05) is 19.2 Å². The molecule has 0 spiro atoms. The number of nitrogens with one attached hydrogen (secondary N) is 2. The van der Waals surface area contributed by atoms with E-state index < -0.39 is 0 Å². The summed E-state index contributed by atoms with van der Waals surface area (Å²) in [5.41, 5.74) is 1.80. The van der Waals surface area contributed by atoms with Gasteiger partial charge >= 0.3 is 6.03 Å². The Kier molecular flexibility index (Phi) is 4.68. The number of hydrogen-bond acceptors (Lipinski definition) is 3. The number of rotatable bonds is 4. The summed E-state index contributed by atoms with van der Waals surface area (Å²) in [5.74, 6) is -0.286. The Morgan fingerprint density at radius 2 is 2.10 bits per heavy atom. The van der Waals surface area contributed by atoms with E-state index in [4.69, 9.17) is 0 Å². The van der Waals surface area contributed by atoms with Crippen molar-refractivity contribution in [2.45, 2.75) is 26.4 Å². The fraction of sp³-hybridized carbons (Fsp3) is 0.286. The van der Waals surface area contributed by atoms with Gasteiger partial charge in [-0.2, -0.15) is 0 Å². The lowest BCUT2D eigenvalue weighted by molar-refractivity contribution is 0.237. The zero-order chi connectivity index (χ0) is 14.5. The number of aryl methyl sites for hydroxylation is 1. The molecule has 0 saturated carbocycles. The molecular formula is C14H16FN3OS. The van der Waals surface area contributed by atoms with E-state index in [2.05, 4.69) is 15.6 Å². The van der Waals surface area contributed by atoms with Gasteiger partial charge in [-0.25, -0.2) is 14.2 Å². The lowest BCUT2D eigenvalue weighted by Gasteiger charge is -2.12. The van der Waals surface area contributed by atoms with Crippen LogP contribution in [0.15, 0.2) is 29.6 Å².